The normalized spacial score (nSPS) is 25.4. The molecule has 4 atom stereocenters. The van der Waals surface area contributed by atoms with Crippen LogP contribution in [0.25, 0.3) is 0 Å². The second-order valence-corrected chi connectivity index (χ2v) is 5.74. The lowest BCUT2D eigenvalue weighted by molar-refractivity contribution is -0.0135. The van der Waals surface area contributed by atoms with Crippen molar-refractivity contribution >= 4 is 5.91 Å². The Bertz CT molecular complexity index is 727. The van der Waals surface area contributed by atoms with E-state index in [2.05, 4.69) is 15.5 Å². The first kappa shape index (κ1) is 17.1. The average molecular weight is 345 g/mol. The highest BCUT2D eigenvalue weighted by atomic mass is 16.5. The molecule has 0 radical (unpaired) electrons. The van der Waals surface area contributed by atoms with Gasteiger partial charge in [-0.05, 0) is 24.3 Å². The largest absolute Gasteiger partial charge is 0.497 e. The number of nitrogens with one attached hydrogen (secondary N) is 1. The van der Waals surface area contributed by atoms with Gasteiger partial charge >= 0.3 is 0 Å². The van der Waals surface area contributed by atoms with Crippen molar-refractivity contribution in [1.82, 2.24) is 15.5 Å². The Labute approximate surface area is 144 Å². The number of amides is 1. The van der Waals surface area contributed by atoms with Crippen molar-refractivity contribution in [3.05, 3.63) is 48.3 Å². The first-order valence-corrected chi connectivity index (χ1v) is 7.84. The average Bonchev–Trinajstić information content (AvgIpc) is 2.90. The summed E-state index contributed by atoms with van der Waals surface area (Å²) in [4.78, 5) is 12.1. The lowest BCUT2D eigenvalue weighted by Gasteiger charge is -2.18. The van der Waals surface area contributed by atoms with Crippen molar-refractivity contribution in [3.8, 4) is 11.5 Å². The van der Waals surface area contributed by atoms with E-state index in [1.54, 1.807) is 37.4 Å². The monoisotopic (exact) mass is 345 g/mol. The van der Waals surface area contributed by atoms with Crippen molar-refractivity contribution in [2.45, 2.75) is 30.8 Å². The maximum atomic E-state index is 12.1. The quantitative estimate of drug-likeness (QED) is 0.707. The molecular formula is C17H19N3O5. The summed E-state index contributed by atoms with van der Waals surface area (Å²) in [5.74, 6) is 0.668. The standard InChI is InChI=1S/C17H19N3O5/c1-24-10-4-2-5-11(8-10)25-14-9-13(15(21)16(14)22)19-17(23)12-6-3-7-18-20-12/h2-8,13-16,21-22H,9H2,1H3,(H,19,23)/t13-,14-,15+,16+/m1/s1. The zero-order valence-corrected chi connectivity index (χ0v) is 13.6. The molecule has 0 aliphatic heterocycles. The van der Waals surface area contributed by atoms with Crippen LogP contribution in [-0.4, -0.2) is 57.8 Å². The molecule has 8 heteroatoms. The van der Waals surface area contributed by atoms with Gasteiger partial charge < -0.3 is 25.0 Å². The van der Waals surface area contributed by atoms with E-state index in [0.29, 0.717) is 11.5 Å². The maximum Gasteiger partial charge on any atom is 0.272 e. The predicted octanol–water partition coefficient (Wildman–Crippen LogP) is 0.157. The summed E-state index contributed by atoms with van der Waals surface area (Å²) in [6, 6.07) is 9.41. The predicted molar refractivity (Wildman–Crippen MR) is 87.3 cm³/mol. The first-order valence-electron chi connectivity index (χ1n) is 7.84. The van der Waals surface area contributed by atoms with E-state index in [9.17, 15) is 15.0 Å². The molecule has 1 aliphatic carbocycles. The topological polar surface area (TPSA) is 114 Å². The third kappa shape index (κ3) is 3.86. The van der Waals surface area contributed by atoms with Gasteiger partial charge in [-0.15, -0.1) is 5.10 Å². The highest BCUT2D eigenvalue weighted by Gasteiger charge is 2.43. The summed E-state index contributed by atoms with van der Waals surface area (Å²) in [5, 5.41) is 30.4. The van der Waals surface area contributed by atoms with Gasteiger partial charge in [0.1, 0.15) is 29.8 Å². The van der Waals surface area contributed by atoms with Gasteiger partial charge in [0.15, 0.2) is 5.69 Å². The molecular weight excluding hydrogens is 326 g/mol. The minimum absolute atomic E-state index is 0.140. The molecule has 3 N–H and O–H groups in total. The Balaban J connectivity index is 1.65. The number of aromatic nitrogens is 2. The third-order valence-corrected chi connectivity index (χ3v) is 4.08. The van der Waals surface area contributed by atoms with Crippen LogP contribution in [0.15, 0.2) is 42.6 Å². The lowest BCUT2D eigenvalue weighted by Crippen LogP contribution is -2.43. The fourth-order valence-electron chi connectivity index (χ4n) is 2.76. The summed E-state index contributed by atoms with van der Waals surface area (Å²) in [5.41, 5.74) is 0.140. The molecule has 25 heavy (non-hydrogen) atoms. The third-order valence-electron chi connectivity index (χ3n) is 4.08. The molecule has 0 unspecified atom stereocenters. The number of methoxy groups -OCH3 is 1. The zero-order chi connectivity index (χ0) is 17.8. The molecule has 1 fully saturated rings. The van der Waals surface area contributed by atoms with Crippen LogP contribution >= 0.6 is 0 Å². The highest BCUT2D eigenvalue weighted by Crippen LogP contribution is 2.28. The van der Waals surface area contributed by atoms with Crippen molar-refractivity contribution in [3.63, 3.8) is 0 Å². The van der Waals surface area contributed by atoms with Crippen LogP contribution in [0.3, 0.4) is 0 Å². The number of aliphatic hydroxyl groups is 2. The molecule has 1 aromatic carbocycles. The van der Waals surface area contributed by atoms with E-state index in [1.165, 1.54) is 12.3 Å². The van der Waals surface area contributed by atoms with Gasteiger partial charge in [-0.25, -0.2) is 0 Å². The zero-order valence-electron chi connectivity index (χ0n) is 13.6. The van der Waals surface area contributed by atoms with Crippen molar-refractivity contribution < 1.29 is 24.5 Å². The lowest BCUT2D eigenvalue weighted by atomic mass is 10.2. The minimum Gasteiger partial charge on any atom is -0.497 e. The molecule has 1 heterocycles. The second-order valence-electron chi connectivity index (χ2n) is 5.74. The number of carbonyl (C=O) groups is 1. The van der Waals surface area contributed by atoms with E-state index < -0.39 is 30.3 Å². The van der Waals surface area contributed by atoms with E-state index in [4.69, 9.17) is 9.47 Å². The Morgan fingerprint density at radius 2 is 2.00 bits per heavy atom. The molecule has 3 rings (SSSR count). The van der Waals surface area contributed by atoms with Gasteiger partial charge in [-0.3, -0.25) is 4.79 Å². The first-order chi connectivity index (χ1) is 12.1. The van der Waals surface area contributed by atoms with Gasteiger partial charge in [0.05, 0.1) is 13.2 Å². The Morgan fingerprint density at radius 3 is 2.72 bits per heavy atom. The Morgan fingerprint density at radius 1 is 1.20 bits per heavy atom. The van der Waals surface area contributed by atoms with Crippen LogP contribution in [0.5, 0.6) is 11.5 Å². The van der Waals surface area contributed by atoms with Gasteiger partial charge in [0.25, 0.3) is 5.91 Å². The van der Waals surface area contributed by atoms with Crippen LogP contribution in [-0.2, 0) is 0 Å². The molecule has 1 aliphatic rings. The summed E-state index contributed by atoms with van der Waals surface area (Å²) in [6.07, 6.45) is -1.21. The van der Waals surface area contributed by atoms with Crippen LogP contribution < -0.4 is 14.8 Å². The molecule has 1 amide bonds. The summed E-state index contributed by atoms with van der Waals surface area (Å²) >= 11 is 0. The Hall–Kier alpha value is -2.71. The SMILES string of the molecule is COc1cccc(O[C@@H]2C[C@@H](NC(=O)c3cccnn3)[C@H](O)[C@H]2O)c1. The fourth-order valence-corrected chi connectivity index (χ4v) is 2.76. The van der Waals surface area contributed by atoms with Gasteiger partial charge in [0, 0.05) is 18.7 Å². The van der Waals surface area contributed by atoms with Gasteiger partial charge in [0.2, 0.25) is 0 Å². The number of benzene rings is 1. The van der Waals surface area contributed by atoms with E-state index in [-0.39, 0.29) is 12.1 Å². The van der Waals surface area contributed by atoms with Crippen molar-refractivity contribution in [2.24, 2.45) is 0 Å². The van der Waals surface area contributed by atoms with Crippen LogP contribution in [0.1, 0.15) is 16.9 Å². The fraction of sp³-hybridized carbons (Fsp3) is 0.353. The number of carbonyl (C=O) groups excluding carboxylic acids is 1. The molecule has 0 bridgehead atoms. The van der Waals surface area contributed by atoms with Gasteiger partial charge in [-0.2, -0.15) is 5.10 Å². The van der Waals surface area contributed by atoms with E-state index in [1.807, 2.05) is 0 Å². The number of aliphatic hydroxyl groups excluding tert-OH is 2. The minimum atomic E-state index is -1.14. The molecule has 1 aromatic heterocycles. The van der Waals surface area contributed by atoms with Crippen LogP contribution in [0.2, 0.25) is 0 Å². The number of nitrogens with zero attached hydrogens (tertiary/aromatic N) is 2. The molecule has 132 valence electrons. The summed E-state index contributed by atoms with van der Waals surface area (Å²) in [6.45, 7) is 0. The number of rotatable bonds is 5. The molecule has 0 spiro atoms. The summed E-state index contributed by atoms with van der Waals surface area (Å²) in [7, 11) is 1.55. The van der Waals surface area contributed by atoms with Crippen molar-refractivity contribution in [2.75, 3.05) is 7.11 Å². The summed E-state index contributed by atoms with van der Waals surface area (Å²) < 4.78 is 10.9. The van der Waals surface area contributed by atoms with Crippen LogP contribution in [0, 0.1) is 0 Å². The molecule has 0 saturated heterocycles. The van der Waals surface area contributed by atoms with E-state index >= 15 is 0 Å². The smallest absolute Gasteiger partial charge is 0.272 e. The van der Waals surface area contributed by atoms with Crippen LogP contribution in [0.4, 0.5) is 0 Å². The highest BCUT2D eigenvalue weighted by molar-refractivity contribution is 5.92. The number of hydrogen-bond acceptors (Lipinski definition) is 7. The number of ether oxygens (including phenoxy) is 2. The maximum absolute atomic E-state index is 12.1. The molecule has 2 aromatic rings. The molecule has 8 nitrogen and oxygen atoms in total. The van der Waals surface area contributed by atoms with Crippen molar-refractivity contribution in [1.29, 1.82) is 0 Å². The number of hydrogen-bond donors (Lipinski definition) is 3. The Kier molecular flexibility index (Phi) is 5.11. The van der Waals surface area contributed by atoms with Gasteiger partial charge in [-0.1, -0.05) is 6.07 Å². The van der Waals surface area contributed by atoms with E-state index in [0.717, 1.165) is 0 Å². The molecule has 1 saturated carbocycles. The second kappa shape index (κ2) is 7.45.